The molecule has 0 amide bonds. The largest absolute Gasteiger partial charge is 0.353 e. The van der Waals surface area contributed by atoms with Crippen molar-refractivity contribution < 1.29 is 4.92 Å². The molecule has 0 atom stereocenters. The lowest BCUT2D eigenvalue weighted by atomic mass is 10.3. The Hall–Kier alpha value is -2.32. The predicted molar refractivity (Wildman–Crippen MR) is 108 cm³/mol. The van der Waals surface area contributed by atoms with E-state index in [-0.39, 0.29) is 17.3 Å². The van der Waals surface area contributed by atoms with Crippen LogP contribution in [0, 0.1) is 10.1 Å². The molecule has 0 unspecified atom stereocenters. The summed E-state index contributed by atoms with van der Waals surface area (Å²) in [6.45, 7) is 0. The van der Waals surface area contributed by atoms with Gasteiger partial charge < -0.3 is 10.6 Å². The van der Waals surface area contributed by atoms with Gasteiger partial charge in [0.15, 0.2) is 0 Å². The standard InChI is InChI=1S/C16H9Cl4N5O2/c17-10-3-1-8(5-12(10)19)23-15-14(25(26)27)16(22-7-21-15)24-9-2-4-11(18)13(20)6-9/h1-7H,(H2,21,22,23,24). The highest BCUT2D eigenvalue weighted by atomic mass is 35.5. The summed E-state index contributed by atoms with van der Waals surface area (Å²) in [4.78, 5) is 18.9. The molecule has 1 aromatic heterocycles. The quantitative estimate of drug-likeness (QED) is 0.345. The summed E-state index contributed by atoms with van der Waals surface area (Å²) in [5.74, 6) is -0.0353. The van der Waals surface area contributed by atoms with Crippen LogP contribution in [0.3, 0.4) is 0 Å². The van der Waals surface area contributed by atoms with Gasteiger partial charge in [-0.05, 0) is 36.4 Å². The van der Waals surface area contributed by atoms with Gasteiger partial charge in [-0.1, -0.05) is 46.4 Å². The van der Waals surface area contributed by atoms with E-state index in [0.717, 1.165) is 0 Å². The average Bonchev–Trinajstić information content (AvgIpc) is 2.61. The van der Waals surface area contributed by atoms with Crippen LogP contribution < -0.4 is 10.6 Å². The number of halogens is 4. The summed E-state index contributed by atoms with van der Waals surface area (Å²) in [5.41, 5.74) is 0.605. The Balaban J connectivity index is 1.97. The number of nitro groups is 1. The molecule has 2 aromatic carbocycles. The second kappa shape index (κ2) is 8.14. The Bertz CT molecular complexity index is 960. The van der Waals surface area contributed by atoms with Gasteiger partial charge in [0.2, 0.25) is 11.6 Å². The third-order valence-corrected chi connectivity index (χ3v) is 4.85. The van der Waals surface area contributed by atoms with Crippen LogP contribution in [0.4, 0.5) is 28.7 Å². The van der Waals surface area contributed by atoms with Crippen LogP contribution >= 0.6 is 46.4 Å². The molecule has 3 rings (SSSR count). The maximum Gasteiger partial charge on any atom is 0.353 e. The van der Waals surface area contributed by atoms with Crippen molar-refractivity contribution >= 4 is 75.1 Å². The summed E-state index contributed by atoms with van der Waals surface area (Å²) in [5, 5.41) is 18.6. The minimum absolute atomic E-state index is 0.0176. The molecule has 0 saturated carbocycles. The number of anilines is 4. The van der Waals surface area contributed by atoms with Crippen LogP contribution in [0.25, 0.3) is 0 Å². The zero-order chi connectivity index (χ0) is 19.6. The second-order valence-electron chi connectivity index (χ2n) is 5.18. The van der Waals surface area contributed by atoms with Crippen LogP contribution in [0.1, 0.15) is 0 Å². The van der Waals surface area contributed by atoms with Gasteiger partial charge in [-0.25, -0.2) is 9.97 Å². The minimum Gasteiger partial charge on any atom is -0.334 e. The molecule has 0 saturated heterocycles. The van der Waals surface area contributed by atoms with E-state index in [1.165, 1.54) is 18.5 Å². The number of nitrogens with one attached hydrogen (secondary N) is 2. The van der Waals surface area contributed by atoms with Gasteiger partial charge in [0, 0.05) is 11.4 Å². The van der Waals surface area contributed by atoms with E-state index in [1.807, 2.05) is 0 Å². The molecule has 3 aromatic rings. The molecule has 11 heteroatoms. The van der Waals surface area contributed by atoms with Crippen LogP contribution in [0.15, 0.2) is 42.7 Å². The summed E-state index contributed by atoms with van der Waals surface area (Å²) >= 11 is 23.7. The fourth-order valence-corrected chi connectivity index (χ4v) is 2.75. The van der Waals surface area contributed by atoms with Gasteiger partial charge in [0.1, 0.15) is 6.33 Å². The van der Waals surface area contributed by atoms with E-state index in [2.05, 4.69) is 20.6 Å². The molecule has 0 aliphatic heterocycles. The first-order valence-electron chi connectivity index (χ1n) is 7.28. The normalized spacial score (nSPS) is 10.5. The fourth-order valence-electron chi connectivity index (χ4n) is 2.16. The smallest absolute Gasteiger partial charge is 0.334 e. The Labute approximate surface area is 173 Å². The minimum atomic E-state index is -0.598. The molecule has 0 aliphatic rings. The van der Waals surface area contributed by atoms with Crippen LogP contribution in [-0.2, 0) is 0 Å². The van der Waals surface area contributed by atoms with Crippen LogP contribution in [0.5, 0.6) is 0 Å². The zero-order valence-electron chi connectivity index (χ0n) is 13.2. The molecule has 138 valence electrons. The number of benzene rings is 2. The maximum atomic E-state index is 11.6. The number of aromatic nitrogens is 2. The van der Waals surface area contributed by atoms with Crippen molar-refractivity contribution in [2.75, 3.05) is 10.6 Å². The molecule has 27 heavy (non-hydrogen) atoms. The van der Waals surface area contributed by atoms with Gasteiger partial charge in [-0.2, -0.15) is 0 Å². The SMILES string of the molecule is O=[N+]([O-])c1c(Nc2ccc(Cl)c(Cl)c2)ncnc1Nc1ccc(Cl)c(Cl)c1. The molecule has 0 radical (unpaired) electrons. The fraction of sp³-hybridized carbons (Fsp3) is 0. The van der Waals surface area contributed by atoms with Crippen LogP contribution in [0.2, 0.25) is 20.1 Å². The number of nitrogens with zero attached hydrogens (tertiary/aromatic N) is 3. The van der Waals surface area contributed by atoms with Crippen LogP contribution in [-0.4, -0.2) is 14.9 Å². The number of hydrogen-bond donors (Lipinski definition) is 2. The molecule has 0 aliphatic carbocycles. The summed E-state index contributed by atoms with van der Waals surface area (Å²) in [6.07, 6.45) is 1.19. The Kier molecular flexibility index (Phi) is 5.86. The maximum absolute atomic E-state index is 11.6. The van der Waals surface area contributed by atoms with Crippen molar-refractivity contribution in [3.63, 3.8) is 0 Å². The molecule has 7 nitrogen and oxygen atoms in total. The summed E-state index contributed by atoms with van der Waals surface area (Å²) in [6, 6.07) is 9.42. The molecular formula is C16H9Cl4N5O2. The highest BCUT2D eigenvalue weighted by molar-refractivity contribution is 6.42. The zero-order valence-corrected chi connectivity index (χ0v) is 16.2. The predicted octanol–water partition coefficient (Wildman–Crippen LogP) is 6.49. The summed E-state index contributed by atoms with van der Waals surface area (Å²) < 4.78 is 0. The lowest BCUT2D eigenvalue weighted by molar-refractivity contribution is -0.383. The highest BCUT2D eigenvalue weighted by Gasteiger charge is 2.23. The van der Waals surface area contributed by atoms with Crippen molar-refractivity contribution in [1.29, 1.82) is 0 Å². The first-order chi connectivity index (χ1) is 12.8. The van der Waals surface area contributed by atoms with Crippen molar-refractivity contribution in [3.8, 4) is 0 Å². The van der Waals surface area contributed by atoms with Gasteiger partial charge in [0.25, 0.3) is 0 Å². The third kappa shape index (κ3) is 4.51. The molecule has 1 heterocycles. The molecule has 0 spiro atoms. The van der Waals surface area contributed by atoms with E-state index in [4.69, 9.17) is 46.4 Å². The van der Waals surface area contributed by atoms with Gasteiger partial charge in [-0.3, -0.25) is 10.1 Å². The number of hydrogen-bond acceptors (Lipinski definition) is 6. The van der Waals surface area contributed by atoms with E-state index < -0.39 is 4.92 Å². The van der Waals surface area contributed by atoms with E-state index in [0.29, 0.717) is 31.5 Å². The monoisotopic (exact) mass is 443 g/mol. The molecular weight excluding hydrogens is 436 g/mol. The van der Waals surface area contributed by atoms with Crippen molar-refractivity contribution in [2.45, 2.75) is 0 Å². The average molecular weight is 445 g/mol. The molecule has 0 fully saturated rings. The van der Waals surface area contributed by atoms with Gasteiger partial charge in [-0.15, -0.1) is 0 Å². The van der Waals surface area contributed by atoms with Crippen molar-refractivity contribution in [2.24, 2.45) is 0 Å². The topological polar surface area (TPSA) is 93.0 Å². The van der Waals surface area contributed by atoms with Gasteiger partial charge >= 0.3 is 5.69 Å². The van der Waals surface area contributed by atoms with E-state index in [9.17, 15) is 10.1 Å². The first kappa shape index (κ1) is 19.4. The van der Waals surface area contributed by atoms with E-state index >= 15 is 0 Å². The number of rotatable bonds is 5. The molecule has 2 N–H and O–H groups in total. The Morgan fingerprint density at radius 3 is 1.59 bits per heavy atom. The Morgan fingerprint density at radius 2 is 1.22 bits per heavy atom. The van der Waals surface area contributed by atoms with Gasteiger partial charge in [0.05, 0.1) is 25.0 Å². The lowest BCUT2D eigenvalue weighted by Crippen LogP contribution is -2.05. The van der Waals surface area contributed by atoms with E-state index in [1.54, 1.807) is 24.3 Å². The third-order valence-electron chi connectivity index (χ3n) is 3.37. The van der Waals surface area contributed by atoms with Crippen molar-refractivity contribution in [1.82, 2.24) is 9.97 Å². The van der Waals surface area contributed by atoms with Crippen molar-refractivity contribution in [3.05, 3.63) is 72.9 Å². The second-order valence-corrected chi connectivity index (χ2v) is 6.81. The lowest BCUT2D eigenvalue weighted by Gasteiger charge is -2.11. The highest BCUT2D eigenvalue weighted by Crippen LogP contribution is 2.35. The Morgan fingerprint density at radius 1 is 0.778 bits per heavy atom. The molecule has 0 bridgehead atoms. The summed E-state index contributed by atoms with van der Waals surface area (Å²) in [7, 11) is 0. The first-order valence-corrected chi connectivity index (χ1v) is 8.80.